The Kier molecular flexibility index (Phi) is 4.11. The van der Waals surface area contributed by atoms with Gasteiger partial charge >= 0.3 is 0 Å². The molecule has 112 valence electrons. The minimum atomic E-state index is -3.95. The smallest absolute Gasteiger partial charge is 0.262 e. The molecule has 2 aromatic rings. The third-order valence-electron chi connectivity index (χ3n) is 3.02. The van der Waals surface area contributed by atoms with E-state index in [1.807, 2.05) is 0 Å². The number of aryl methyl sites for hydroxylation is 2. The Morgan fingerprint density at radius 2 is 1.86 bits per heavy atom. The van der Waals surface area contributed by atoms with Crippen molar-refractivity contribution >= 4 is 33.0 Å². The Balaban J connectivity index is 2.49. The molecule has 0 heterocycles. The summed E-state index contributed by atoms with van der Waals surface area (Å²) in [6, 6.07) is 6.94. The van der Waals surface area contributed by atoms with Crippen molar-refractivity contribution in [1.29, 1.82) is 0 Å². The summed E-state index contributed by atoms with van der Waals surface area (Å²) >= 11 is 5.91. The van der Waals surface area contributed by atoms with Gasteiger partial charge in [-0.05, 0) is 43.2 Å². The van der Waals surface area contributed by atoms with Gasteiger partial charge in [-0.15, -0.1) is 0 Å². The maximum atomic E-state index is 13.7. The molecule has 2 aromatic carbocycles. The highest BCUT2D eigenvalue weighted by Crippen LogP contribution is 2.29. The third kappa shape index (κ3) is 3.11. The average Bonchev–Trinajstić information content (AvgIpc) is 2.40. The quantitative estimate of drug-likeness (QED) is 0.847. The second kappa shape index (κ2) is 5.54. The van der Waals surface area contributed by atoms with Crippen molar-refractivity contribution in [3.8, 4) is 0 Å². The number of benzene rings is 2. The number of nitrogens with two attached hydrogens (primary N) is 1. The molecule has 0 saturated carbocycles. The number of hydrogen-bond donors (Lipinski definition) is 2. The van der Waals surface area contributed by atoms with Gasteiger partial charge in [0.25, 0.3) is 10.0 Å². The van der Waals surface area contributed by atoms with Crippen LogP contribution in [0, 0.1) is 19.7 Å². The van der Waals surface area contributed by atoms with Crippen LogP contribution in [0.2, 0.25) is 5.02 Å². The molecule has 0 atom stereocenters. The van der Waals surface area contributed by atoms with Gasteiger partial charge in [0.1, 0.15) is 5.82 Å². The van der Waals surface area contributed by atoms with Crippen LogP contribution >= 0.6 is 11.6 Å². The predicted octanol–water partition coefficient (Wildman–Crippen LogP) is 3.48. The molecule has 0 unspecified atom stereocenters. The van der Waals surface area contributed by atoms with E-state index in [0.29, 0.717) is 16.1 Å². The summed E-state index contributed by atoms with van der Waals surface area (Å²) in [4.78, 5) is -0.0652. The Morgan fingerprint density at radius 3 is 2.43 bits per heavy atom. The van der Waals surface area contributed by atoms with Crippen LogP contribution in [0.25, 0.3) is 0 Å². The molecule has 21 heavy (non-hydrogen) atoms. The van der Waals surface area contributed by atoms with Crippen molar-refractivity contribution in [1.82, 2.24) is 0 Å². The lowest BCUT2D eigenvalue weighted by molar-refractivity contribution is 0.598. The fourth-order valence-corrected chi connectivity index (χ4v) is 3.24. The monoisotopic (exact) mass is 328 g/mol. The van der Waals surface area contributed by atoms with E-state index in [9.17, 15) is 12.8 Å². The second-order valence-corrected chi connectivity index (χ2v) is 6.74. The molecule has 0 aromatic heterocycles. The van der Waals surface area contributed by atoms with Gasteiger partial charge in [-0.3, -0.25) is 4.72 Å². The van der Waals surface area contributed by atoms with E-state index in [1.54, 1.807) is 19.9 Å². The molecular weight excluding hydrogens is 315 g/mol. The van der Waals surface area contributed by atoms with Gasteiger partial charge in [-0.25, -0.2) is 12.8 Å². The first-order valence-electron chi connectivity index (χ1n) is 6.06. The zero-order chi connectivity index (χ0) is 15.8. The molecule has 0 aliphatic carbocycles. The Morgan fingerprint density at radius 1 is 1.19 bits per heavy atom. The molecule has 2 rings (SSSR count). The molecule has 3 N–H and O–H groups in total. The minimum Gasteiger partial charge on any atom is -0.397 e. The molecule has 0 radical (unpaired) electrons. The van der Waals surface area contributed by atoms with Crippen molar-refractivity contribution in [3.05, 3.63) is 52.3 Å². The summed E-state index contributed by atoms with van der Waals surface area (Å²) < 4.78 is 40.7. The SMILES string of the molecule is Cc1cc(S(=O)(=O)Nc2c(C)cccc2F)cc(N)c1Cl. The van der Waals surface area contributed by atoms with Crippen molar-refractivity contribution in [2.45, 2.75) is 18.7 Å². The highest BCUT2D eigenvalue weighted by molar-refractivity contribution is 7.92. The highest BCUT2D eigenvalue weighted by atomic mass is 35.5. The van der Waals surface area contributed by atoms with Crippen LogP contribution in [0.3, 0.4) is 0 Å². The summed E-state index contributed by atoms with van der Waals surface area (Å²) in [7, 11) is -3.95. The van der Waals surface area contributed by atoms with E-state index < -0.39 is 15.8 Å². The topological polar surface area (TPSA) is 72.2 Å². The number of anilines is 2. The van der Waals surface area contributed by atoms with Gasteiger partial charge < -0.3 is 5.73 Å². The van der Waals surface area contributed by atoms with Gasteiger partial charge in [0.05, 0.1) is 21.3 Å². The Hall–Kier alpha value is -1.79. The van der Waals surface area contributed by atoms with Crippen LogP contribution in [0.5, 0.6) is 0 Å². The zero-order valence-electron chi connectivity index (χ0n) is 11.4. The minimum absolute atomic E-state index is 0.0652. The first kappa shape index (κ1) is 15.6. The van der Waals surface area contributed by atoms with E-state index in [2.05, 4.69) is 4.72 Å². The van der Waals surface area contributed by atoms with Crippen LogP contribution in [0.4, 0.5) is 15.8 Å². The van der Waals surface area contributed by atoms with E-state index in [1.165, 1.54) is 24.3 Å². The van der Waals surface area contributed by atoms with Gasteiger partial charge in [0.15, 0.2) is 0 Å². The van der Waals surface area contributed by atoms with Gasteiger partial charge in [-0.1, -0.05) is 23.7 Å². The summed E-state index contributed by atoms with van der Waals surface area (Å²) in [5.41, 5.74) is 6.76. The lowest BCUT2D eigenvalue weighted by Crippen LogP contribution is -2.15. The number of sulfonamides is 1. The number of nitrogen functional groups attached to an aromatic ring is 1. The lowest BCUT2D eigenvalue weighted by atomic mass is 10.2. The largest absolute Gasteiger partial charge is 0.397 e. The summed E-state index contributed by atoms with van der Waals surface area (Å²) in [6.45, 7) is 3.26. The van der Waals surface area contributed by atoms with Crippen molar-refractivity contribution in [2.24, 2.45) is 0 Å². The van der Waals surface area contributed by atoms with E-state index in [-0.39, 0.29) is 16.3 Å². The lowest BCUT2D eigenvalue weighted by Gasteiger charge is -2.13. The van der Waals surface area contributed by atoms with Crippen LogP contribution in [0.15, 0.2) is 35.2 Å². The van der Waals surface area contributed by atoms with Gasteiger partial charge in [0, 0.05) is 0 Å². The standard InChI is InChI=1S/C14H14ClFN2O2S/c1-8-4-3-5-11(16)14(8)18-21(19,20)10-6-9(2)13(15)12(17)7-10/h3-7,18H,17H2,1-2H3. The van der Waals surface area contributed by atoms with Crippen LogP contribution in [-0.2, 0) is 10.0 Å². The van der Waals surface area contributed by atoms with E-state index in [4.69, 9.17) is 17.3 Å². The van der Waals surface area contributed by atoms with Gasteiger partial charge in [-0.2, -0.15) is 0 Å². The molecule has 0 amide bonds. The zero-order valence-corrected chi connectivity index (χ0v) is 13.0. The summed E-state index contributed by atoms with van der Waals surface area (Å²) in [5.74, 6) is -0.641. The molecule has 4 nitrogen and oxygen atoms in total. The van der Waals surface area contributed by atoms with Crippen LogP contribution < -0.4 is 10.5 Å². The summed E-state index contributed by atoms with van der Waals surface area (Å²) in [5, 5.41) is 0.302. The molecule has 0 spiro atoms. The first-order valence-corrected chi connectivity index (χ1v) is 7.92. The van der Waals surface area contributed by atoms with Crippen molar-refractivity contribution < 1.29 is 12.8 Å². The number of rotatable bonds is 3. The Labute approximate surface area is 127 Å². The maximum Gasteiger partial charge on any atom is 0.262 e. The Bertz CT molecular complexity index is 763. The highest BCUT2D eigenvalue weighted by Gasteiger charge is 2.19. The summed E-state index contributed by atoms with van der Waals surface area (Å²) in [6.07, 6.45) is 0. The fraction of sp³-hybridized carbons (Fsp3) is 0.143. The van der Waals surface area contributed by atoms with Crippen molar-refractivity contribution in [2.75, 3.05) is 10.5 Å². The number of hydrogen-bond acceptors (Lipinski definition) is 3. The van der Waals surface area contributed by atoms with Crippen molar-refractivity contribution in [3.63, 3.8) is 0 Å². The molecular formula is C14H14ClFN2O2S. The normalized spacial score (nSPS) is 11.4. The number of halogens is 2. The third-order valence-corrected chi connectivity index (χ3v) is 4.87. The fourth-order valence-electron chi connectivity index (χ4n) is 1.87. The van der Waals surface area contributed by atoms with E-state index >= 15 is 0 Å². The maximum absolute atomic E-state index is 13.7. The second-order valence-electron chi connectivity index (χ2n) is 4.68. The molecule has 0 fully saturated rings. The number of para-hydroxylation sites is 1. The van der Waals surface area contributed by atoms with Gasteiger partial charge in [0.2, 0.25) is 0 Å². The molecule has 0 aliphatic heterocycles. The molecule has 0 aliphatic rings. The molecule has 7 heteroatoms. The van der Waals surface area contributed by atoms with Crippen LogP contribution in [-0.4, -0.2) is 8.42 Å². The molecule has 0 saturated heterocycles. The number of nitrogens with one attached hydrogen (secondary N) is 1. The van der Waals surface area contributed by atoms with Crippen LogP contribution in [0.1, 0.15) is 11.1 Å². The predicted molar refractivity (Wildman–Crippen MR) is 82.5 cm³/mol. The van der Waals surface area contributed by atoms with E-state index in [0.717, 1.165) is 0 Å². The average molecular weight is 329 g/mol. The molecule has 0 bridgehead atoms. The first-order chi connectivity index (χ1) is 9.72.